The number of urea groups is 1. The lowest BCUT2D eigenvalue weighted by Gasteiger charge is -2.20. The van der Waals surface area contributed by atoms with Crippen molar-refractivity contribution in [2.45, 2.75) is 24.9 Å². The van der Waals surface area contributed by atoms with E-state index < -0.39 is 17.5 Å². The van der Waals surface area contributed by atoms with Crippen LogP contribution in [0.4, 0.5) is 4.79 Å². The van der Waals surface area contributed by atoms with Gasteiger partial charge in [-0.25, -0.2) is 9.59 Å². The molecule has 28 heavy (non-hydrogen) atoms. The molecule has 8 nitrogen and oxygen atoms in total. The summed E-state index contributed by atoms with van der Waals surface area (Å²) in [5, 5.41) is 2.84. The van der Waals surface area contributed by atoms with E-state index in [0.717, 1.165) is 11.1 Å². The fourth-order valence-corrected chi connectivity index (χ4v) is 3.73. The van der Waals surface area contributed by atoms with E-state index in [-0.39, 0.29) is 12.5 Å². The summed E-state index contributed by atoms with van der Waals surface area (Å²) < 4.78 is 9.85. The zero-order chi connectivity index (χ0) is 19.9. The molecule has 8 heteroatoms. The van der Waals surface area contributed by atoms with Crippen LogP contribution in [-0.4, -0.2) is 47.6 Å². The van der Waals surface area contributed by atoms with Crippen molar-refractivity contribution in [2.75, 3.05) is 14.2 Å². The van der Waals surface area contributed by atoms with Crippen molar-refractivity contribution >= 4 is 17.9 Å². The number of pyridine rings is 1. The van der Waals surface area contributed by atoms with Crippen molar-refractivity contribution in [1.82, 2.24) is 15.2 Å². The second-order valence-corrected chi connectivity index (χ2v) is 6.93. The van der Waals surface area contributed by atoms with Gasteiger partial charge in [0.15, 0.2) is 0 Å². The van der Waals surface area contributed by atoms with Crippen LogP contribution in [0.5, 0.6) is 5.75 Å². The molecule has 1 fully saturated rings. The van der Waals surface area contributed by atoms with Gasteiger partial charge in [-0.2, -0.15) is 0 Å². The third-order valence-corrected chi connectivity index (χ3v) is 5.19. The number of carbonyl (C=O) groups excluding carboxylic acids is 3. The van der Waals surface area contributed by atoms with Crippen molar-refractivity contribution in [1.29, 1.82) is 0 Å². The van der Waals surface area contributed by atoms with Gasteiger partial charge in [-0.15, -0.1) is 0 Å². The number of amides is 3. The van der Waals surface area contributed by atoms with Crippen molar-refractivity contribution in [2.24, 2.45) is 0 Å². The summed E-state index contributed by atoms with van der Waals surface area (Å²) >= 11 is 0. The van der Waals surface area contributed by atoms with Crippen LogP contribution in [0.2, 0.25) is 0 Å². The average molecular weight is 381 g/mol. The highest BCUT2D eigenvalue weighted by molar-refractivity contribution is 6.07. The molecule has 1 aromatic heterocycles. The van der Waals surface area contributed by atoms with Gasteiger partial charge < -0.3 is 14.8 Å². The molecule has 0 bridgehead atoms. The Hall–Kier alpha value is -3.42. The number of ether oxygens (including phenoxy) is 2. The molecule has 1 aliphatic carbocycles. The first kappa shape index (κ1) is 18.0. The maximum atomic E-state index is 13.1. The van der Waals surface area contributed by atoms with Gasteiger partial charge in [0.05, 0.1) is 26.3 Å². The van der Waals surface area contributed by atoms with Crippen LogP contribution >= 0.6 is 0 Å². The lowest BCUT2D eigenvalue weighted by Crippen LogP contribution is -2.47. The van der Waals surface area contributed by atoms with Gasteiger partial charge in [-0.3, -0.25) is 14.7 Å². The molecule has 1 saturated heterocycles. The van der Waals surface area contributed by atoms with Crippen LogP contribution in [0, 0.1) is 0 Å². The molecule has 1 N–H and O–H groups in total. The minimum absolute atomic E-state index is 0.174. The third kappa shape index (κ3) is 2.87. The Balaban J connectivity index is 1.55. The number of benzene rings is 1. The summed E-state index contributed by atoms with van der Waals surface area (Å²) in [6, 6.07) is 8.45. The quantitative estimate of drug-likeness (QED) is 0.636. The summed E-state index contributed by atoms with van der Waals surface area (Å²) in [5.41, 5.74) is 1.57. The lowest BCUT2D eigenvalue weighted by molar-refractivity contribution is -0.131. The molecule has 1 spiro atoms. The summed E-state index contributed by atoms with van der Waals surface area (Å²) in [6.07, 6.45) is 2.03. The van der Waals surface area contributed by atoms with E-state index in [0.29, 0.717) is 29.8 Å². The number of methoxy groups -OCH3 is 2. The largest absolute Gasteiger partial charge is 0.497 e. The predicted octanol–water partition coefficient (Wildman–Crippen LogP) is 1.47. The number of imide groups is 1. The standard InChI is InChI=1S/C20H19N3O5/c1-27-15-5-3-12(4-6-15)11-23-18(25)20(22-19(23)26)8-13-7-14(17(24)28-2)10-21-16(13)9-20/h3-7,10H,8-9,11H2,1-2H3,(H,22,26). The van der Waals surface area contributed by atoms with Gasteiger partial charge in [0, 0.05) is 24.7 Å². The lowest BCUT2D eigenvalue weighted by atomic mass is 9.96. The van der Waals surface area contributed by atoms with Crippen molar-refractivity contribution in [3.05, 3.63) is 58.9 Å². The molecular formula is C20H19N3O5. The fourth-order valence-electron chi connectivity index (χ4n) is 3.73. The van der Waals surface area contributed by atoms with Crippen LogP contribution in [0.1, 0.15) is 27.2 Å². The van der Waals surface area contributed by atoms with Crippen LogP contribution in [-0.2, 0) is 28.9 Å². The Morgan fingerprint density at radius 2 is 1.96 bits per heavy atom. The van der Waals surface area contributed by atoms with Crippen molar-refractivity contribution in [3.8, 4) is 5.75 Å². The van der Waals surface area contributed by atoms with E-state index >= 15 is 0 Å². The molecule has 1 aliphatic heterocycles. The average Bonchev–Trinajstić information content (AvgIpc) is 3.18. The fraction of sp³-hybridized carbons (Fsp3) is 0.300. The van der Waals surface area contributed by atoms with Crippen LogP contribution in [0.3, 0.4) is 0 Å². The first-order valence-electron chi connectivity index (χ1n) is 8.79. The van der Waals surface area contributed by atoms with E-state index in [1.54, 1.807) is 25.3 Å². The van der Waals surface area contributed by atoms with E-state index in [1.165, 1.54) is 18.2 Å². The highest BCUT2D eigenvalue weighted by Crippen LogP contribution is 2.35. The molecular weight excluding hydrogens is 362 g/mol. The maximum Gasteiger partial charge on any atom is 0.339 e. The Morgan fingerprint density at radius 3 is 2.64 bits per heavy atom. The highest BCUT2D eigenvalue weighted by Gasteiger charge is 2.54. The summed E-state index contributed by atoms with van der Waals surface area (Å²) in [4.78, 5) is 42.9. The van der Waals surface area contributed by atoms with E-state index in [1.807, 2.05) is 12.1 Å². The number of nitrogens with one attached hydrogen (secondary N) is 1. The van der Waals surface area contributed by atoms with E-state index in [2.05, 4.69) is 10.3 Å². The van der Waals surface area contributed by atoms with Crippen molar-refractivity contribution < 1.29 is 23.9 Å². The van der Waals surface area contributed by atoms with Gasteiger partial charge in [0.1, 0.15) is 11.3 Å². The SMILES string of the molecule is COC(=O)c1cnc2c(c1)CC1(C2)NC(=O)N(Cc2ccc(OC)cc2)C1=O. The van der Waals surface area contributed by atoms with E-state index in [4.69, 9.17) is 9.47 Å². The molecule has 0 saturated carbocycles. The first-order valence-corrected chi connectivity index (χ1v) is 8.79. The Bertz CT molecular complexity index is 972. The Morgan fingerprint density at radius 1 is 1.21 bits per heavy atom. The zero-order valence-electron chi connectivity index (χ0n) is 15.5. The molecule has 4 rings (SSSR count). The normalized spacial score (nSPS) is 20.3. The number of hydrogen-bond donors (Lipinski definition) is 1. The van der Waals surface area contributed by atoms with Crippen LogP contribution in [0.25, 0.3) is 0 Å². The third-order valence-electron chi connectivity index (χ3n) is 5.19. The molecule has 144 valence electrons. The predicted molar refractivity (Wildman–Crippen MR) is 97.8 cm³/mol. The smallest absolute Gasteiger partial charge is 0.339 e. The summed E-state index contributed by atoms with van der Waals surface area (Å²) in [5.74, 6) is -0.0683. The molecule has 1 atom stereocenters. The van der Waals surface area contributed by atoms with Gasteiger partial charge in [-0.1, -0.05) is 12.1 Å². The molecule has 2 heterocycles. The number of esters is 1. The first-order chi connectivity index (χ1) is 13.5. The number of hydrogen-bond acceptors (Lipinski definition) is 6. The number of aromatic nitrogens is 1. The number of fused-ring (bicyclic) bond motifs is 1. The summed E-state index contributed by atoms with van der Waals surface area (Å²) in [7, 11) is 2.88. The van der Waals surface area contributed by atoms with Gasteiger partial charge in [0.25, 0.3) is 5.91 Å². The molecule has 2 aliphatic rings. The maximum absolute atomic E-state index is 13.1. The molecule has 2 aromatic rings. The zero-order valence-corrected chi connectivity index (χ0v) is 15.5. The molecule has 1 aromatic carbocycles. The van der Waals surface area contributed by atoms with Crippen LogP contribution in [0.15, 0.2) is 36.5 Å². The highest BCUT2D eigenvalue weighted by atomic mass is 16.5. The van der Waals surface area contributed by atoms with Crippen molar-refractivity contribution in [3.63, 3.8) is 0 Å². The minimum Gasteiger partial charge on any atom is -0.497 e. The van der Waals surface area contributed by atoms with Gasteiger partial charge in [0.2, 0.25) is 0 Å². The monoisotopic (exact) mass is 381 g/mol. The molecule has 3 amide bonds. The molecule has 0 radical (unpaired) electrons. The second kappa shape index (κ2) is 6.63. The topological polar surface area (TPSA) is 97.8 Å². The minimum atomic E-state index is -1.05. The molecule has 1 unspecified atom stereocenters. The van der Waals surface area contributed by atoms with E-state index in [9.17, 15) is 14.4 Å². The Kier molecular flexibility index (Phi) is 4.26. The van der Waals surface area contributed by atoms with Crippen LogP contribution < -0.4 is 10.1 Å². The number of rotatable bonds is 4. The summed E-state index contributed by atoms with van der Waals surface area (Å²) in [6.45, 7) is 0.174. The van der Waals surface area contributed by atoms with Gasteiger partial charge in [-0.05, 0) is 29.3 Å². The number of carbonyl (C=O) groups is 3. The van der Waals surface area contributed by atoms with Gasteiger partial charge >= 0.3 is 12.0 Å². The Labute approximate surface area is 161 Å². The number of nitrogens with zero attached hydrogens (tertiary/aromatic N) is 2. The second-order valence-electron chi connectivity index (χ2n) is 6.93.